The molecule has 2 rings (SSSR count). The smallest absolute Gasteiger partial charge is 0.250 e. The van der Waals surface area contributed by atoms with Gasteiger partial charge in [0.2, 0.25) is 5.91 Å². The Morgan fingerprint density at radius 1 is 1.35 bits per heavy atom. The van der Waals surface area contributed by atoms with Gasteiger partial charge in [0.05, 0.1) is 6.61 Å². The summed E-state index contributed by atoms with van der Waals surface area (Å²) >= 11 is 0. The molecule has 1 aliphatic heterocycles. The van der Waals surface area contributed by atoms with Crippen molar-refractivity contribution >= 4 is 5.91 Å². The lowest BCUT2D eigenvalue weighted by Gasteiger charge is -2.25. The zero-order valence-electron chi connectivity index (χ0n) is 9.67. The first-order valence-electron chi connectivity index (χ1n) is 5.86. The molecule has 1 aromatic rings. The molecule has 0 atom stereocenters. The van der Waals surface area contributed by atoms with Crippen LogP contribution >= 0.6 is 0 Å². The van der Waals surface area contributed by atoms with Gasteiger partial charge < -0.3 is 4.57 Å². The monoisotopic (exact) mass is 236 g/mol. The Morgan fingerprint density at radius 3 is 2.94 bits per heavy atom. The standard InChI is InChI=1S/C12H16N2O3/c15-11-5-1-2-7-13(11)9-6-12(16)14-8-3-4-10-17-14/h1-2,5,7H,3-4,6,8-10H2. The molecule has 0 spiro atoms. The lowest BCUT2D eigenvalue weighted by atomic mass is 10.3. The molecule has 1 aromatic heterocycles. The average molecular weight is 236 g/mol. The van der Waals surface area contributed by atoms with Crippen molar-refractivity contribution in [2.45, 2.75) is 25.8 Å². The minimum absolute atomic E-state index is 0.0551. The van der Waals surface area contributed by atoms with Crippen LogP contribution in [0.4, 0.5) is 0 Å². The molecule has 0 N–H and O–H groups in total. The van der Waals surface area contributed by atoms with Crippen molar-refractivity contribution in [3.05, 3.63) is 34.7 Å². The van der Waals surface area contributed by atoms with E-state index < -0.39 is 0 Å². The van der Waals surface area contributed by atoms with E-state index in [1.54, 1.807) is 18.3 Å². The summed E-state index contributed by atoms with van der Waals surface area (Å²) in [6.07, 6.45) is 3.97. The largest absolute Gasteiger partial charge is 0.315 e. The number of pyridine rings is 1. The van der Waals surface area contributed by atoms with Crippen LogP contribution in [0.5, 0.6) is 0 Å². The topological polar surface area (TPSA) is 51.5 Å². The van der Waals surface area contributed by atoms with Gasteiger partial charge in [0.25, 0.3) is 5.56 Å². The number of nitrogens with zero attached hydrogens (tertiary/aromatic N) is 2. The Bertz CT molecular complexity index is 435. The van der Waals surface area contributed by atoms with Gasteiger partial charge >= 0.3 is 0 Å². The van der Waals surface area contributed by atoms with E-state index in [4.69, 9.17) is 4.84 Å². The van der Waals surface area contributed by atoms with Crippen molar-refractivity contribution in [3.8, 4) is 0 Å². The maximum absolute atomic E-state index is 11.8. The van der Waals surface area contributed by atoms with E-state index in [0.717, 1.165) is 12.8 Å². The van der Waals surface area contributed by atoms with Crippen molar-refractivity contribution < 1.29 is 9.63 Å². The molecule has 0 aliphatic carbocycles. The Hall–Kier alpha value is -1.62. The highest BCUT2D eigenvalue weighted by atomic mass is 16.7. The van der Waals surface area contributed by atoms with E-state index in [9.17, 15) is 9.59 Å². The molecule has 1 aliphatic rings. The molecule has 0 unspecified atom stereocenters. The number of aryl methyl sites for hydroxylation is 1. The number of carbonyl (C=O) groups is 1. The highest BCUT2D eigenvalue weighted by Crippen LogP contribution is 2.07. The third-order valence-electron chi connectivity index (χ3n) is 2.75. The minimum atomic E-state index is -0.0835. The zero-order chi connectivity index (χ0) is 12.1. The molecule has 0 bridgehead atoms. The Labute approximate surface area is 99.6 Å². The highest BCUT2D eigenvalue weighted by molar-refractivity contribution is 5.75. The number of hydrogen-bond acceptors (Lipinski definition) is 3. The van der Waals surface area contributed by atoms with Crippen molar-refractivity contribution in [2.75, 3.05) is 13.2 Å². The number of hydroxylamine groups is 2. The SMILES string of the molecule is O=C(CCn1ccccc1=O)N1CCCCO1. The fraction of sp³-hybridized carbons (Fsp3) is 0.500. The number of rotatable bonds is 3. The lowest BCUT2D eigenvalue weighted by Crippen LogP contribution is -2.36. The van der Waals surface area contributed by atoms with Crippen molar-refractivity contribution in [1.29, 1.82) is 0 Å². The molecule has 2 heterocycles. The quantitative estimate of drug-likeness (QED) is 0.779. The summed E-state index contributed by atoms with van der Waals surface area (Å²) < 4.78 is 1.53. The van der Waals surface area contributed by atoms with Gasteiger partial charge in [-0.25, -0.2) is 5.06 Å². The van der Waals surface area contributed by atoms with Crippen LogP contribution < -0.4 is 5.56 Å². The highest BCUT2D eigenvalue weighted by Gasteiger charge is 2.17. The summed E-state index contributed by atoms with van der Waals surface area (Å²) in [6.45, 7) is 1.66. The second-order valence-electron chi connectivity index (χ2n) is 4.02. The first kappa shape index (κ1) is 11.9. The van der Waals surface area contributed by atoms with Crippen LogP contribution in [0.15, 0.2) is 29.2 Å². The van der Waals surface area contributed by atoms with Gasteiger partial charge in [0.1, 0.15) is 0 Å². The molecule has 17 heavy (non-hydrogen) atoms. The number of hydrogen-bond donors (Lipinski definition) is 0. The van der Waals surface area contributed by atoms with Crippen LogP contribution in [-0.4, -0.2) is 28.7 Å². The predicted molar refractivity (Wildman–Crippen MR) is 62.2 cm³/mol. The van der Waals surface area contributed by atoms with Crippen LogP contribution in [0.3, 0.4) is 0 Å². The molecular weight excluding hydrogens is 220 g/mol. The van der Waals surface area contributed by atoms with Gasteiger partial charge in [-0.2, -0.15) is 0 Å². The van der Waals surface area contributed by atoms with Crippen LogP contribution in [0.2, 0.25) is 0 Å². The molecule has 1 saturated heterocycles. The normalized spacial score (nSPS) is 15.9. The van der Waals surface area contributed by atoms with Crippen LogP contribution in [0, 0.1) is 0 Å². The molecule has 5 nitrogen and oxygen atoms in total. The predicted octanol–water partition coefficient (Wildman–Crippen LogP) is 0.792. The second-order valence-corrected chi connectivity index (χ2v) is 4.02. The summed E-state index contributed by atoms with van der Waals surface area (Å²) in [6, 6.07) is 4.96. The summed E-state index contributed by atoms with van der Waals surface area (Å²) in [4.78, 5) is 28.4. The maximum atomic E-state index is 11.8. The Morgan fingerprint density at radius 2 is 2.24 bits per heavy atom. The van der Waals surface area contributed by atoms with E-state index in [1.807, 2.05) is 0 Å². The fourth-order valence-electron chi connectivity index (χ4n) is 1.78. The number of aromatic nitrogens is 1. The van der Waals surface area contributed by atoms with E-state index in [1.165, 1.54) is 15.7 Å². The second kappa shape index (κ2) is 5.63. The van der Waals surface area contributed by atoms with Gasteiger partial charge in [-0.15, -0.1) is 0 Å². The van der Waals surface area contributed by atoms with Crippen LogP contribution in [-0.2, 0) is 16.2 Å². The number of amides is 1. The number of carbonyl (C=O) groups excluding carboxylic acids is 1. The third-order valence-corrected chi connectivity index (χ3v) is 2.75. The summed E-state index contributed by atoms with van der Waals surface area (Å²) in [5, 5.41) is 1.41. The molecule has 0 saturated carbocycles. The van der Waals surface area contributed by atoms with E-state index in [0.29, 0.717) is 26.1 Å². The summed E-state index contributed by atoms with van der Waals surface area (Å²) in [5.74, 6) is -0.0551. The van der Waals surface area contributed by atoms with Crippen LogP contribution in [0.1, 0.15) is 19.3 Å². The molecule has 1 fully saturated rings. The van der Waals surface area contributed by atoms with E-state index in [2.05, 4.69) is 0 Å². The van der Waals surface area contributed by atoms with Gasteiger partial charge in [-0.05, 0) is 18.9 Å². The van der Waals surface area contributed by atoms with E-state index in [-0.39, 0.29) is 11.5 Å². The van der Waals surface area contributed by atoms with Crippen LogP contribution in [0.25, 0.3) is 0 Å². The minimum Gasteiger partial charge on any atom is -0.315 e. The van der Waals surface area contributed by atoms with Gasteiger partial charge in [-0.1, -0.05) is 6.07 Å². The molecule has 0 aromatic carbocycles. The maximum Gasteiger partial charge on any atom is 0.250 e. The molecule has 0 radical (unpaired) electrons. The van der Waals surface area contributed by atoms with Gasteiger partial charge in [0.15, 0.2) is 0 Å². The zero-order valence-corrected chi connectivity index (χ0v) is 9.67. The molecular formula is C12H16N2O3. The average Bonchev–Trinajstić information content (AvgIpc) is 2.38. The molecule has 5 heteroatoms. The van der Waals surface area contributed by atoms with Crippen molar-refractivity contribution in [1.82, 2.24) is 9.63 Å². The van der Waals surface area contributed by atoms with Crippen molar-refractivity contribution in [2.24, 2.45) is 0 Å². The van der Waals surface area contributed by atoms with Gasteiger partial charge in [0, 0.05) is 31.8 Å². The summed E-state index contributed by atoms with van der Waals surface area (Å²) in [5.41, 5.74) is -0.0835. The van der Waals surface area contributed by atoms with Crippen molar-refractivity contribution in [3.63, 3.8) is 0 Å². The van der Waals surface area contributed by atoms with E-state index >= 15 is 0 Å². The molecule has 92 valence electrons. The molecule has 1 amide bonds. The fourth-order valence-corrected chi connectivity index (χ4v) is 1.78. The Kier molecular flexibility index (Phi) is 3.93. The lowest BCUT2D eigenvalue weighted by molar-refractivity contribution is -0.197. The first-order valence-corrected chi connectivity index (χ1v) is 5.86. The Balaban J connectivity index is 1.87. The first-order chi connectivity index (χ1) is 8.27. The van der Waals surface area contributed by atoms with Gasteiger partial charge in [-0.3, -0.25) is 14.4 Å². The summed E-state index contributed by atoms with van der Waals surface area (Å²) in [7, 11) is 0. The third kappa shape index (κ3) is 3.17.